The van der Waals surface area contributed by atoms with E-state index >= 15 is 0 Å². The molecule has 0 amide bonds. The summed E-state index contributed by atoms with van der Waals surface area (Å²) in [5, 5.41) is 8.26. The Morgan fingerprint density at radius 3 is 2.79 bits per heavy atom. The first kappa shape index (κ1) is 20.3. The molecule has 1 fully saturated rings. The zero-order valence-electron chi connectivity index (χ0n) is 16.8. The van der Waals surface area contributed by atoms with Crippen LogP contribution >= 0.6 is 0 Å². The monoisotopic (exact) mass is 391 g/mol. The maximum Gasteiger partial charge on any atom is 0.280 e. The molecule has 7 nitrogen and oxygen atoms in total. The molecule has 1 aliphatic rings. The third-order valence-corrected chi connectivity index (χ3v) is 5.26. The molecule has 0 spiro atoms. The fourth-order valence-corrected chi connectivity index (χ4v) is 3.50. The molecule has 0 N–H and O–H groups in total. The molecule has 1 aliphatic heterocycles. The van der Waals surface area contributed by atoms with Crippen LogP contribution in [0.3, 0.4) is 0 Å². The van der Waals surface area contributed by atoms with Crippen LogP contribution in [0.4, 0.5) is 14.7 Å². The number of halogens is 2. The molecule has 3 rings (SSSR count). The van der Waals surface area contributed by atoms with Crippen molar-refractivity contribution in [2.45, 2.75) is 33.2 Å². The average Bonchev–Trinajstić information content (AvgIpc) is 3.18. The number of rotatable bonds is 6. The summed E-state index contributed by atoms with van der Waals surface area (Å²) >= 11 is 0. The third kappa shape index (κ3) is 4.89. The minimum atomic E-state index is -2.67. The smallest absolute Gasteiger partial charge is 0.280 e. The number of hydrogen-bond acceptors (Lipinski definition) is 5. The molecular weight excluding hydrogens is 364 g/mol. The quantitative estimate of drug-likeness (QED) is 0.711. The topological polar surface area (TPSA) is 64.1 Å². The summed E-state index contributed by atoms with van der Waals surface area (Å²) in [6.45, 7) is 6.83. The highest BCUT2D eigenvalue weighted by atomic mass is 19.3. The lowest BCUT2D eigenvalue weighted by Gasteiger charge is -2.35. The molecular formula is C19H27F2N7. The number of aromatic nitrogens is 5. The predicted octanol–water partition coefficient (Wildman–Crippen LogP) is 2.91. The number of likely N-dealkylation sites (tertiary alicyclic amines) is 1. The summed E-state index contributed by atoms with van der Waals surface area (Å²) < 4.78 is 30.1. The highest BCUT2D eigenvalue weighted by molar-refractivity contribution is 5.98. The van der Waals surface area contributed by atoms with Crippen LogP contribution in [0.25, 0.3) is 0 Å². The Morgan fingerprint density at radius 2 is 2.18 bits per heavy atom. The van der Waals surface area contributed by atoms with Gasteiger partial charge in [0.05, 0.1) is 5.69 Å². The molecule has 2 atom stereocenters. The Labute approximate surface area is 163 Å². The lowest BCUT2D eigenvalue weighted by molar-refractivity contribution is 0.146. The lowest BCUT2D eigenvalue weighted by atomic mass is 9.86. The normalized spacial score (nSPS) is 21.9. The number of nitrogens with zero attached hydrogens (tertiary/aromatic N) is 7. The van der Waals surface area contributed by atoms with Crippen LogP contribution in [0.5, 0.6) is 0 Å². The van der Waals surface area contributed by atoms with Crippen LogP contribution in [-0.2, 0) is 20.6 Å². The molecule has 2 aromatic rings. The molecule has 28 heavy (non-hydrogen) atoms. The Balaban J connectivity index is 1.70. The minimum Gasteiger partial charge on any atom is -0.298 e. The van der Waals surface area contributed by atoms with Crippen molar-refractivity contribution in [2.24, 2.45) is 30.9 Å². The molecule has 1 saturated heterocycles. The van der Waals surface area contributed by atoms with Gasteiger partial charge in [0.15, 0.2) is 0 Å². The van der Waals surface area contributed by atoms with E-state index in [9.17, 15) is 8.78 Å². The molecule has 1 unspecified atom stereocenters. The van der Waals surface area contributed by atoms with Gasteiger partial charge < -0.3 is 0 Å². The van der Waals surface area contributed by atoms with Crippen LogP contribution < -0.4 is 0 Å². The first-order chi connectivity index (χ1) is 13.3. The summed E-state index contributed by atoms with van der Waals surface area (Å²) in [7, 11) is 3.54. The van der Waals surface area contributed by atoms with E-state index in [1.54, 1.807) is 7.05 Å². The number of aliphatic imine (C=N–C) groups is 1. The molecule has 0 aliphatic carbocycles. The summed E-state index contributed by atoms with van der Waals surface area (Å²) in [4.78, 5) is 10.2. The van der Waals surface area contributed by atoms with Crippen molar-refractivity contribution >= 4 is 11.7 Å². The van der Waals surface area contributed by atoms with Crippen molar-refractivity contribution in [1.82, 2.24) is 29.4 Å². The van der Waals surface area contributed by atoms with Crippen molar-refractivity contribution in [1.29, 1.82) is 0 Å². The second-order valence-electron chi connectivity index (χ2n) is 7.46. The van der Waals surface area contributed by atoms with Crippen molar-refractivity contribution in [2.75, 3.05) is 13.1 Å². The zero-order valence-corrected chi connectivity index (χ0v) is 16.8. The summed E-state index contributed by atoms with van der Waals surface area (Å²) in [5.41, 5.74) is 1.95. The Morgan fingerprint density at radius 1 is 1.39 bits per heavy atom. The number of hydrogen-bond donors (Lipinski definition) is 0. The first-order valence-electron chi connectivity index (χ1n) is 9.44. The summed E-state index contributed by atoms with van der Waals surface area (Å²) in [6.07, 6.45) is 5.02. The van der Waals surface area contributed by atoms with E-state index in [-0.39, 0.29) is 17.6 Å². The van der Waals surface area contributed by atoms with E-state index < -0.39 is 6.43 Å². The molecule has 0 saturated carbocycles. The molecule has 0 radical (unpaired) electrons. The van der Waals surface area contributed by atoms with E-state index in [0.29, 0.717) is 5.92 Å². The SMILES string of the molecule is Cc1nn(C)cc1CN1CCC(C)[C@H](/C=C/C(=N\c2ncnn2C)C(F)F)C1. The van der Waals surface area contributed by atoms with Gasteiger partial charge in [-0.1, -0.05) is 13.0 Å². The molecule has 152 valence electrons. The maximum absolute atomic E-state index is 13.4. The second-order valence-corrected chi connectivity index (χ2v) is 7.46. The second kappa shape index (κ2) is 8.72. The van der Waals surface area contributed by atoms with Gasteiger partial charge in [-0.05, 0) is 37.8 Å². The minimum absolute atomic E-state index is 0.172. The third-order valence-electron chi connectivity index (χ3n) is 5.26. The van der Waals surface area contributed by atoms with Crippen LogP contribution in [-0.4, -0.2) is 54.7 Å². The van der Waals surface area contributed by atoms with Gasteiger partial charge in [0, 0.05) is 38.9 Å². The lowest BCUT2D eigenvalue weighted by Crippen LogP contribution is -2.38. The van der Waals surface area contributed by atoms with Crippen LogP contribution in [0, 0.1) is 18.8 Å². The number of allylic oxidation sites excluding steroid dienone is 1. The van der Waals surface area contributed by atoms with Crippen molar-refractivity contribution in [3.63, 3.8) is 0 Å². The molecule has 2 aromatic heterocycles. The Kier molecular flexibility index (Phi) is 6.33. The van der Waals surface area contributed by atoms with E-state index in [4.69, 9.17) is 0 Å². The van der Waals surface area contributed by atoms with Crippen molar-refractivity contribution < 1.29 is 8.78 Å². The van der Waals surface area contributed by atoms with Gasteiger partial charge in [0.25, 0.3) is 6.43 Å². The van der Waals surface area contributed by atoms with Gasteiger partial charge >= 0.3 is 0 Å². The van der Waals surface area contributed by atoms with E-state index in [0.717, 1.165) is 31.7 Å². The standard InChI is InChI=1S/C19H27F2N7/c1-13-7-8-28(11-16-9-26(3)25-14(16)2)10-15(13)5-6-17(18(20)21)24-19-22-12-23-27(19)4/h5-6,9,12-13,15,18H,7-8,10-11H2,1-4H3/b6-5+,24-17+/t13?,15-/m1/s1. The molecule has 0 bridgehead atoms. The Bertz CT molecular complexity index is 852. The van der Waals surface area contributed by atoms with E-state index in [1.807, 2.05) is 30.9 Å². The maximum atomic E-state index is 13.4. The fraction of sp³-hybridized carbons (Fsp3) is 0.579. The van der Waals surface area contributed by atoms with Gasteiger partial charge in [-0.15, -0.1) is 0 Å². The Hall–Kier alpha value is -2.42. The number of alkyl halides is 2. The van der Waals surface area contributed by atoms with Crippen LogP contribution in [0.2, 0.25) is 0 Å². The van der Waals surface area contributed by atoms with Gasteiger partial charge in [-0.25, -0.2) is 18.5 Å². The van der Waals surface area contributed by atoms with Crippen molar-refractivity contribution in [3.05, 3.63) is 35.9 Å². The predicted molar refractivity (Wildman–Crippen MR) is 104 cm³/mol. The zero-order chi connectivity index (χ0) is 20.3. The largest absolute Gasteiger partial charge is 0.298 e. The van der Waals surface area contributed by atoms with Gasteiger partial charge in [-0.3, -0.25) is 9.58 Å². The van der Waals surface area contributed by atoms with Crippen molar-refractivity contribution in [3.8, 4) is 0 Å². The van der Waals surface area contributed by atoms with Crippen LogP contribution in [0.15, 0.2) is 29.7 Å². The molecule has 0 aromatic carbocycles. The van der Waals surface area contributed by atoms with Gasteiger partial charge in [0.2, 0.25) is 5.95 Å². The van der Waals surface area contributed by atoms with Gasteiger partial charge in [-0.2, -0.15) is 15.2 Å². The van der Waals surface area contributed by atoms with E-state index in [1.165, 1.54) is 22.6 Å². The number of piperidine rings is 1. The van der Waals surface area contributed by atoms with Gasteiger partial charge in [0.1, 0.15) is 12.0 Å². The molecule has 9 heteroatoms. The highest BCUT2D eigenvalue weighted by Crippen LogP contribution is 2.26. The van der Waals surface area contributed by atoms with Crippen LogP contribution in [0.1, 0.15) is 24.6 Å². The first-order valence-corrected chi connectivity index (χ1v) is 9.44. The summed E-state index contributed by atoms with van der Waals surface area (Å²) in [6, 6.07) is 0. The summed E-state index contributed by atoms with van der Waals surface area (Å²) in [5.74, 6) is 0.788. The highest BCUT2D eigenvalue weighted by Gasteiger charge is 2.25. The number of aryl methyl sites for hydroxylation is 3. The molecule has 3 heterocycles. The average molecular weight is 391 g/mol. The van der Waals surface area contributed by atoms with E-state index in [2.05, 4.69) is 32.0 Å². The fourth-order valence-electron chi connectivity index (χ4n) is 3.50.